The van der Waals surface area contributed by atoms with Gasteiger partial charge in [-0.05, 0) is 32.7 Å². The highest BCUT2D eigenvalue weighted by molar-refractivity contribution is 5.06. The van der Waals surface area contributed by atoms with E-state index in [1.807, 2.05) is 4.68 Å². The number of piperidine rings is 1. The van der Waals surface area contributed by atoms with Crippen LogP contribution in [0.4, 0.5) is 0 Å². The minimum Gasteiger partial charge on any atom is -0.388 e. The minimum atomic E-state index is -0.597. The van der Waals surface area contributed by atoms with E-state index in [1.165, 1.54) is 12.8 Å². The Balaban J connectivity index is 1.78. The molecule has 1 N–H and O–H groups in total. The Morgan fingerprint density at radius 3 is 3.17 bits per heavy atom. The molecule has 2 fully saturated rings. The highest BCUT2D eigenvalue weighted by atomic mass is 16.3. The van der Waals surface area contributed by atoms with Crippen LogP contribution in [-0.4, -0.2) is 49.5 Å². The molecule has 2 unspecified atom stereocenters. The van der Waals surface area contributed by atoms with Gasteiger partial charge in [-0.15, -0.1) is 0 Å². The molecule has 100 valence electrons. The molecule has 5 heteroatoms. The van der Waals surface area contributed by atoms with Gasteiger partial charge in [0.05, 0.1) is 5.60 Å². The summed E-state index contributed by atoms with van der Waals surface area (Å²) >= 11 is 0. The molecule has 2 atom stereocenters. The molecule has 0 radical (unpaired) electrons. The van der Waals surface area contributed by atoms with Gasteiger partial charge in [-0.2, -0.15) is 5.10 Å². The first-order valence-corrected chi connectivity index (χ1v) is 7.06. The Morgan fingerprint density at radius 2 is 2.33 bits per heavy atom. The van der Waals surface area contributed by atoms with Gasteiger partial charge in [0.1, 0.15) is 12.2 Å². The lowest BCUT2D eigenvalue weighted by Crippen LogP contribution is -2.48. The quantitative estimate of drug-likeness (QED) is 0.863. The predicted molar refractivity (Wildman–Crippen MR) is 68.2 cm³/mol. The van der Waals surface area contributed by atoms with Crippen molar-refractivity contribution in [3.8, 4) is 0 Å². The number of hydrogen-bond acceptors (Lipinski definition) is 4. The second-order valence-corrected chi connectivity index (χ2v) is 5.57. The molecule has 3 heterocycles. The third-order valence-electron chi connectivity index (χ3n) is 4.53. The molecule has 1 aromatic heterocycles. The van der Waals surface area contributed by atoms with Gasteiger partial charge in [-0.1, -0.05) is 6.42 Å². The number of fused-ring (bicyclic) bond motifs is 1. The molecular formula is C13H22N4O. The number of aliphatic hydroxyl groups is 1. The Kier molecular flexibility index (Phi) is 3.11. The van der Waals surface area contributed by atoms with Crippen molar-refractivity contribution in [1.82, 2.24) is 19.7 Å². The van der Waals surface area contributed by atoms with E-state index < -0.39 is 5.60 Å². The van der Waals surface area contributed by atoms with Crippen molar-refractivity contribution >= 4 is 0 Å². The van der Waals surface area contributed by atoms with Gasteiger partial charge < -0.3 is 5.11 Å². The summed E-state index contributed by atoms with van der Waals surface area (Å²) in [5.74, 6) is 0.924. The largest absolute Gasteiger partial charge is 0.388 e. The fourth-order valence-electron chi connectivity index (χ4n) is 3.54. The Labute approximate surface area is 108 Å². The van der Waals surface area contributed by atoms with Crippen LogP contribution in [0.5, 0.6) is 0 Å². The molecule has 0 saturated carbocycles. The molecule has 2 saturated heterocycles. The maximum atomic E-state index is 11.0. The van der Waals surface area contributed by atoms with Crippen LogP contribution in [0.1, 0.15) is 38.4 Å². The first kappa shape index (κ1) is 12.1. The van der Waals surface area contributed by atoms with E-state index in [0.29, 0.717) is 12.5 Å². The normalized spacial score (nSPS) is 32.7. The monoisotopic (exact) mass is 250 g/mol. The summed E-state index contributed by atoms with van der Waals surface area (Å²) in [5, 5.41) is 15.1. The van der Waals surface area contributed by atoms with E-state index >= 15 is 0 Å². The van der Waals surface area contributed by atoms with E-state index in [1.54, 1.807) is 6.33 Å². The van der Waals surface area contributed by atoms with Crippen LogP contribution >= 0.6 is 0 Å². The highest BCUT2D eigenvalue weighted by Gasteiger charge is 2.47. The summed E-state index contributed by atoms with van der Waals surface area (Å²) in [6.07, 6.45) is 6.74. The van der Waals surface area contributed by atoms with Crippen LogP contribution in [0.15, 0.2) is 6.33 Å². The lowest BCUT2D eigenvalue weighted by atomic mass is 9.86. The van der Waals surface area contributed by atoms with Crippen LogP contribution in [0.3, 0.4) is 0 Å². The van der Waals surface area contributed by atoms with Crippen LogP contribution in [0.25, 0.3) is 0 Å². The molecule has 2 aliphatic heterocycles. The van der Waals surface area contributed by atoms with Crippen LogP contribution in [-0.2, 0) is 13.0 Å². The molecule has 0 aliphatic carbocycles. The molecule has 0 bridgehead atoms. The molecule has 0 amide bonds. The minimum absolute atomic E-state index is 0.327. The van der Waals surface area contributed by atoms with Crippen molar-refractivity contribution in [3.63, 3.8) is 0 Å². The standard InChI is InChI=1S/C13H22N4O/c1-2-17-12(14-10-15-17)9-13(18)6-8-16-7-4-3-5-11(13)16/h10-11,18H,2-9H2,1H3. The SMILES string of the molecule is CCn1ncnc1CC1(O)CCN2CCCCC21. The molecule has 1 aromatic rings. The molecule has 18 heavy (non-hydrogen) atoms. The van der Waals surface area contributed by atoms with Gasteiger partial charge in [0.25, 0.3) is 0 Å². The number of rotatable bonds is 3. The number of aromatic nitrogens is 3. The maximum absolute atomic E-state index is 11.0. The van der Waals surface area contributed by atoms with Gasteiger partial charge >= 0.3 is 0 Å². The lowest BCUT2D eigenvalue weighted by Gasteiger charge is -2.37. The van der Waals surface area contributed by atoms with E-state index in [2.05, 4.69) is 21.9 Å². The topological polar surface area (TPSA) is 54.2 Å². The number of hydrogen-bond donors (Lipinski definition) is 1. The smallest absolute Gasteiger partial charge is 0.138 e. The molecular weight excluding hydrogens is 228 g/mol. The van der Waals surface area contributed by atoms with Crippen molar-refractivity contribution in [2.24, 2.45) is 0 Å². The molecule has 0 spiro atoms. The Hall–Kier alpha value is -0.940. The third-order valence-corrected chi connectivity index (χ3v) is 4.53. The van der Waals surface area contributed by atoms with Crippen molar-refractivity contribution in [2.75, 3.05) is 13.1 Å². The molecule has 2 aliphatic rings. The van der Waals surface area contributed by atoms with Crippen molar-refractivity contribution in [2.45, 2.75) is 57.2 Å². The summed E-state index contributed by atoms with van der Waals surface area (Å²) in [6, 6.07) is 0.327. The van der Waals surface area contributed by atoms with Crippen LogP contribution < -0.4 is 0 Å². The maximum Gasteiger partial charge on any atom is 0.138 e. The van der Waals surface area contributed by atoms with Crippen LogP contribution in [0, 0.1) is 0 Å². The third kappa shape index (κ3) is 1.95. The first-order valence-electron chi connectivity index (χ1n) is 7.06. The van der Waals surface area contributed by atoms with E-state index in [-0.39, 0.29) is 0 Å². The first-order chi connectivity index (χ1) is 8.73. The van der Waals surface area contributed by atoms with E-state index in [4.69, 9.17) is 0 Å². The molecule has 0 aromatic carbocycles. The fraction of sp³-hybridized carbons (Fsp3) is 0.846. The van der Waals surface area contributed by atoms with Gasteiger partial charge in [-0.25, -0.2) is 4.98 Å². The van der Waals surface area contributed by atoms with Crippen molar-refractivity contribution < 1.29 is 5.11 Å². The second-order valence-electron chi connectivity index (χ2n) is 5.57. The van der Waals surface area contributed by atoms with Crippen molar-refractivity contribution in [3.05, 3.63) is 12.2 Å². The average molecular weight is 250 g/mol. The Bertz CT molecular complexity index is 419. The summed E-state index contributed by atoms with van der Waals surface area (Å²) in [7, 11) is 0. The summed E-state index contributed by atoms with van der Waals surface area (Å²) in [6.45, 7) is 5.05. The number of aryl methyl sites for hydroxylation is 1. The fourth-order valence-corrected chi connectivity index (χ4v) is 3.54. The molecule has 5 nitrogen and oxygen atoms in total. The van der Waals surface area contributed by atoms with E-state index in [9.17, 15) is 5.11 Å². The zero-order valence-corrected chi connectivity index (χ0v) is 11.0. The zero-order chi connectivity index (χ0) is 12.6. The predicted octanol–water partition coefficient (Wildman–Crippen LogP) is 0.830. The molecule has 3 rings (SSSR count). The van der Waals surface area contributed by atoms with Gasteiger partial charge in [0, 0.05) is 25.6 Å². The summed E-state index contributed by atoms with van der Waals surface area (Å²) < 4.78 is 1.89. The summed E-state index contributed by atoms with van der Waals surface area (Å²) in [5.41, 5.74) is -0.597. The van der Waals surface area contributed by atoms with Gasteiger partial charge in [0.2, 0.25) is 0 Å². The highest BCUT2D eigenvalue weighted by Crippen LogP contribution is 2.36. The van der Waals surface area contributed by atoms with Gasteiger partial charge in [0.15, 0.2) is 0 Å². The van der Waals surface area contributed by atoms with E-state index in [0.717, 1.165) is 38.3 Å². The van der Waals surface area contributed by atoms with Crippen molar-refractivity contribution in [1.29, 1.82) is 0 Å². The summed E-state index contributed by atoms with van der Waals surface area (Å²) in [4.78, 5) is 6.76. The Morgan fingerprint density at radius 1 is 1.44 bits per heavy atom. The number of nitrogens with zero attached hydrogens (tertiary/aromatic N) is 4. The van der Waals surface area contributed by atoms with Gasteiger partial charge in [-0.3, -0.25) is 9.58 Å². The average Bonchev–Trinajstić information content (AvgIpc) is 2.96. The second kappa shape index (κ2) is 4.63. The zero-order valence-electron chi connectivity index (χ0n) is 11.0. The lowest BCUT2D eigenvalue weighted by molar-refractivity contribution is -0.0110. The van der Waals surface area contributed by atoms with Crippen LogP contribution in [0.2, 0.25) is 0 Å².